The van der Waals surface area contributed by atoms with Crippen LogP contribution >= 0.6 is 0 Å². The molecule has 1 aromatic carbocycles. The van der Waals surface area contributed by atoms with Gasteiger partial charge in [-0.1, -0.05) is 18.2 Å². The minimum atomic E-state index is -0.879. The Morgan fingerprint density at radius 2 is 2.12 bits per heavy atom. The highest BCUT2D eigenvalue weighted by atomic mass is 32.2. The summed E-state index contributed by atoms with van der Waals surface area (Å²) in [5.41, 5.74) is 3.38. The van der Waals surface area contributed by atoms with Crippen molar-refractivity contribution in [3.05, 3.63) is 30.3 Å². The van der Waals surface area contributed by atoms with Crippen molar-refractivity contribution in [1.82, 2.24) is 5.43 Å². The van der Waals surface area contributed by atoms with Crippen molar-refractivity contribution in [2.24, 2.45) is 10.8 Å². The van der Waals surface area contributed by atoms with Crippen LogP contribution in [-0.4, -0.2) is 28.2 Å². The lowest BCUT2D eigenvalue weighted by atomic mass is 10.3. The van der Waals surface area contributed by atoms with Gasteiger partial charge in [-0.2, -0.15) is 0 Å². The van der Waals surface area contributed by atoms with Gasteiger partial charge in [-0.3, -0.25) is 14.6 Å². The fraction of sp³-hybridized carbons (Fsp3) is 0.364. The summed E-state index contributed by atoms with van der Waals surface area (Å²) in [6.07, 6.45) is 1.67. The first-order valence-corrected chi connectivity index (χ1v) is 6.91. The number of aliphatic imine (C=N–C) groups is 1. The molecule has 0 aromatic heterocycles. The Hall–Kier alpha value is -1.40. The molecule has 0 saturated heterocycles. The molecule has 0 heterocycles. The molecule has 2 atom stereocenters. The van der Waals surface area contributed by atoms with Gasteiger partial charge in [-0.05, 0) is 19.1 Å². The van der Waals surface area contributed by atoms with Crippen LogP contribution in [0.5, 0.6) is 0 Å². The molecular weight excluding hydrogens is 236 g/mol. The number of benzene rings is 1. The van der Waals surface area contributed by atoms with Crippen LogP contribution in [0.1, 0.15) is 6.92 Å². The Morgan fingerprint density at radius 1 is 1.47 bits per heavy atom. The number of para-hydroxylation sites is 1. The van der Waals surface area contributed by atoms with Crippen molar-refractivity contribution >= 4 is 22.4 Å². The average molecular weight is 254 g/mol. The van der Waals surface area contributed by atoms with E-state index in [2.05, 4.69) is 15.7 Å². The van der Waals surface area contributed by atoms with Crippen LogP contribution in [0.3, 0.4) is 0 Å². The Morgan fingerprint density at radius 3 is 2.65 bits per heavy atom. The van der Waals surface area contributed by atoms with Gasteiger partial charge in [-0.15, -0.1) is 0 Å². The molecule has 0 aliphatic heterocycles. The van der Waals surface area contributed by atoms with Crippen molar-refractivity contribution < 1.29 is 4.21 Å². The summed E-state index contributed by atoms with van der Waals surface area (Å²) in [6.45, 7) is 2.35. The zero-order valence-electron chi connectivity index (χ0n) is 10.0. The van der Waals surface area contributed by atoms with Gasteiger partial charge in [0, 0.05) is 22.7 Å². The monoisotopic (exact) mass is 254 g/mol. The number of hydrogen-bond donors (Lipinski definition) is 3. The number of hydrogen-bond acceptors (Lipinski definition) is 3. The molecule has 0 aliphatic rings. The van der Waals surface area contributed by atoms with Crippen LogP contribution < -0.4 is 16.6 Å². The lowest BCUT2D eigenvalue weighted by molar-refractivity contribution is 0.677. The second kappa shape index (κ2) is 7.03. The Balaban J connectivity index is 2.59. The van der Waals surface area contributed by atoms with E-state index >= 15 is 0 Å². The summed E-state index contributed by atoms with van der Waals surface area (Å²) in [6, 6.07) is 9.59. The summed E-state index contributed by atoms with van der Waals surface area (Å²) in [7, 11) is -0.879. The molecular formula is C11H18N4OS. The SMILES string of the molecule is CC(CN=C(NN)Nc1ccccc1)S(C)=O. The third kappa shape index (κ3) is 4.97. The van der Waals surface area contributed by atoms with E-state index in [1.807, 2.05) is 37.3 Å². The fourth-order valence-electron chi connectivity index (χ4n) is 1.10. The van der Waals surface area contributed by atoms with Gasteiger partial charge in [0.15, 0.2) is 0 Å². The minimum absolute atomic E-state index is 0.0101. The molecule has 1 rings (SSSR count). The summed E-state index contributed by atoms with van der Waals surface area (Å²) in [5.74, 6) is 5.83. The summed E-state index contributed by atoms with van der Waals surface area (Å²) >= 11 is 0. The van der Waals surface area contributed by atoms with E-state index in [4.69, 9.17) is 5.84 Å². The van der Waals surface area contributed by atoms with Crippen LogP contribution in [0.4, 0.5) is 5.69 Å². The Bertz CT molecular complexity index is 394. The first kappa shape index (κ1) is 13.7. The smallest absolute Gasteiger partial charge is 0.210 e. The number of anilines is 1. The molecule has 0 radical (unpaired) electrons. The summed E-state index contributed by atoms with van der Waals surface area (Å²) in [4.78, 5) is 4.24. The molecule has 1 aromatic rings. The van der Waals surface area contributed by atoms with E-state index in [0.29, 0.717) is 12.5 Å². The molecule has 0 spiro atoms. The lowest BCUT2D eigenvalue weighted by Crippen LogP contribution is -2.37. The van der Waals surface area contributed by atoms with Crippen molar-refractivity contribution in [2.75, 3.05) is 18.1 Å². The van der Waals surface area contributed by atoms with E-state index in [-0.39, 0.29) is 5.25 Å². The summed E-state index contributed by atoms with van der Waals surface area (Å²) < 4.78 is 11.2. The predicted molar refractivity (Wildman–Crippen MR) is 73.2 cm³/mol. The first-order chi connectivity index (χ1) is 8.13. The molecule has 0 amide bonds. The Labute approximate surface area is 104 Å². The van der Waals surface area contributed by atoms with Crippen molar-refractivity contribution in [3.63, 3.8) is 0 Å². The molecule has 0 fully saturated rings. The molecule has 0 aliphatic carbocycles. The number of guanidine groups is 1. The summed E-state index contributed by atoms with van der Waals surface area (Å²) in [5, 5.41) is 3.05. The second-order valence-corrected chi connectivity index (χ2v) is 5.44. The average Bonchev–Trinajstić information content (AvgIpc) is 2.35. The van der Waals surface area contributed by atoms with Crippen LogP contribution in [0, 0.1) is 0 Å². The van der Waals surface area contributed by atoms with Gasteiger partial charge in [0.2, 0.25) is 5.96 Å². The zero-order chi connectivity index (χ0) is 12.7. The van der Waals surface area contributed by atoms with E-state index in [1.165, 1.54) is 0 Å². The standard InChI is InChI=1S/C11H18N4OS/c1-9(17(2)16)8-13-11(15-12)14-10-6-4-3-5-7-10/h3-7,9H,8,12H2,1-2H3,(H2,13,14,15). The molecule has 4 N–H and O–H groups in total. The maximum absolute atomic E-state index is 11.2. The third-order valence-electron chi connectivity index (χ3n) is 2.25. The van der Waals surface area contributed by atoms with Crippen molar-refractivity contribution in [3.8, 4) is 0 Å². The fourth-order valence-corrected chi connectivity index (χ4v) is 1.39. The van der Waals surface area contributed by atoms with E-state index in [9.17, 15) is 4.21 Å². The number of hydrazine groups is 1. The van der Waals surface area contributed by atoms with E-state index in [0.717, 1.165) is 5.69 Å². The molecule has 94 valence electrons. The number of nitrogens with two attached hydrogens (primary N) is 1. The van der Waals surface area contributed by atoms with Crippen LogP contribution in [0.15, 0.2) is 35.3 Å². The molecule has 5 nitrogen and oxygen atoms in total. The lowest BCUT2D eigenvalue weighted by Gasteiger charge is -2.10. The zero-order valence-corrected chi connectivity index (χ0v) is 10.8. The third-order valence-corrected chi connectivity index (χ3v) is 3.53. The second-order valence-electron chi connectivity index (χ2n) is 3.63. The number of nitrogens with one attached hydrogen (secondary N) is 2. The number of nitrogens with zero attached hydrogens (tertiary/aromatic N) is 1. The first-order valence-electron chi connectivity index (χ1n) is 5.29. The molecule has 2 unspecified atom stereocenters. The highest BCUT2D eigenvalue weighted by Gasteiger charge is 2.05. The Kier molecular flexibility index (Phi) is 5.65. The van der Waals surface area contributed by atoms with E-state index < -0.39 is 10.8 Å². The quantitative estimate of drug-likeness (QED) is 0.319. The molecule has 6 heteroatoms. The van der Waals surface area contributed by atoms with Gasteiger partial charge >= 0.3 is 0 Å². The van der Waals surface area contributed by atoms with Gasteiger partial charge in [0.05, 0.1) is 11.8 Å². The largest absolute Gasteiger partial charge is 0.325 e. The van der Waals surface area contributed by atoms with Crippen molar-refractivity contribution in [2.45, 2.75) is 12.2 Å². The molecule has 17 heavy (non-hydrogen) atoms. The maximum atomic E-state index is 11.2. The van der Waals surface area contributed by atoms with Crippen LogP contribution in [0.2, 0.25) is 0 Å². The maximum Gasteiger partial charge on any atom is 0.210 e. The van der Waals surface area contributed by atoms with Gasteiger partial charge in [-0.25, -0.2) is 5.84 Å². The van der Waals surface area contributed by atoms with Crippen LogP contribution in [-0.2, 0) is 10.8 Å². The van der Waals surface area contributed by atoms with Crippen LogP contribution in [0.25, 0.3) is 0 Å². The number of rotatable bonds is 4. The van der Waals surface area contributed by atoms with Gasteiger partial charge in [0.1, 0.15) is 0 Å². The topological polar surface area (TPSA) is 79.5 Å². The van der Waals surface area contributed by atoms with Gasteiger partial charge < -0.3 is 5.32 Å². The molecule has 0 bridgehead atoms. The predicted octanol–water partition coefficient (Wildman–Crippen LogP) is 0.685. The van der Waals surface area contributed by atoms with Crippen molar-refractivity contribution in [1.29, 1.82) is 0 Å². The normalized spacial score (nSPS) is 15.1. The highest BCUT2D eigenvalue weighted by Crippen LogP contribution is 2.04. The highest BCUT2D eigenvalue weighted by molar-refractivity contribution is 7.84. The minimum Gasteiger partial charge on any atom is -0.325 e. The molecule has 0 saturated carbocycles. The van der Waals surface area contributed by atoms with Gasteiger partial charge in [0.25, 0.3) is 0 Å². The van der Waals surface area contributed by atoms with E-state index in [1.54, 1.807) is 6.26 Å².